The molecule has 1 aromatic carbocycles. The van der Waals surface area contributed by atoms with Crippen molar-refractivity contribution in [2.75, 3.05) is 18.5 Å². The zero-order valence-corrected chi connectivity index (χ0v) is 12.4. The molecule has 1 aromatic rings. The maximum atomic E-state index is 12.1. The first-order valence-corrected chi connectivity index (χ1v) is 6.98. The highest BCUT2D eigenvalue weighted by molar-refractivity contribution is 6.07. The first kappa shape index (κ1) is 16.7. The van der Waals surface area contributed by atoms with E-state index >= 15 is 0 Å². The van der Waals surface area contributed by atoms with Crippen LogP contribution in [-0.4, -0.2) is 24.2 Å². The zero-order valence-electron chi connectivity index (χ0n) is 12.4. The second-order valence-corrected chi connectivity index (χ2v) is 4.62. The minimum atomic E-state index is -0.432. The molecule has 0 fully saturated rings. The van der Waals surface area contributed by atoms with Gasteiger partial charge in [-0.25, -0.2) is 0 Å². The summed E-state index contributed by atoms with van der Waals surface area (Å²) >= 11 is 0. The highest BCUT2D eigenvalue weighted by Gasteiger charge is 2.12. The van der Waals surface area contributed by atoms with Gasteiger partial charge < -0.3 is 15.7 Å². The van der Waals surface area contributed by atoms with Crippen LogP contribution < -0.4 is 10.6 Å². The average molecular weight is 287 g/mol. The zero-order chi connectivity index (χ0) is 15.7. The Labute approximate surface area is 125 Å². The van der Waals surface area contributed by atoms with Crippen LogP contribution in [0.25, 0.3) is 0 Å². The summed E-state index contributed by atoms with van der Waals surface area (Å²) in [6, 6.07) is 7.70. The first-order chi connectivity index (χ1) is 10.1. The fourth-order valence-electron chi connectivity index (χ4n) is 1.89. The van der Waals surface area contributed by atoms with Crippen LogP contribution in [-0.2, 0) is 11.2 Å². The average Bonchev–Trinajstić information content (AvgIpc) is 2.49. The quantitative estimate of drug-likeness (QED) is 0.406. The van der Waals surface area contributed by atoms with Crippen LogP contribution in [0.5, 0.6) is 0 Å². The number of nitriles is 1. The molecule has 1 rings (SSSR count). The van der Waals surface area contributed by atoms with Gasteiger partial charge in [0.1, 0.15) is 11.6 Å². The van der Waals surface area contributed by atoms with Crippen molar-refractivity contribution in [1.82, 2.24) is 5.32 Å². The van der Waals surface area contributed by atoms with Gasteiger partial charge in [0.25, 0.3) is 5.91 Å². The van der Waals surface area contributed by atoms with Gasteiger partial charge in [0.05, 0.1) is 0 Å². The third kappa shape index (κ3) is 4.93. The lowest BCUT2D eigenvalue weighted by atomic mass is 10.1. The summed E-state index contributed by atoms with van der Waals surface area (Å²) in [5.41, 5.74) is 2.78. The standard InChI is InChI=1S/C16H21N3O2/c1-3-13-7-4-6-12(2)15(13)19-16(21)14(10-17)11-18-8-5-9-20/h4,6-7,11,18,20H,3,5,8-9H2,1-2H3,(H,19,21)/b14-11-. The van der Waals surface area contributed by atoms with E-state index in [0.717, 1.165) is 23.2 Å². The lowest BCUT2D eigenvalue weighted by Crippen LogP contribution is -2.18. The molecule has 0 aliphatic heterocycles. The number of nitrogens with zero attached hydrogens (tertiary/aromatic N) is 1. The number of carbonyl (C=O) groups is 1. The number of anilines is 1. The Hall–Kier alpha value is -2.32. The lowest BCUT2D eigenvalue weighted by Gasteiger charge is -2.12. The number of aryl methyl sites for hydroxylation is 2. The number of nitrogens with one attached hydrogen (secondary N) is 2. The van der Waals surface area contributed by atoms with Crippen molar-refractivity contribution in [3.05, 3.63) is 41.1 Å². The fraction of sp³-hybridized carbons (Fsp3) is 0.375. The SMILES string of the molecule is CCc1cccc(C)c1NC(=O)/C(C#N)=C\NCCCO. The van der Waals surface area contributed by atoms with Crippen molar-refractivity contribution < 1.29 is 9.90 Å². The molecule has 0 saturated heterocycles. The Morgan fingerprint density at radius 2 is 2.24 bits per heavy atom. The van der Waals surface area contributed by atoms with Crippen molar-refractivity contribution in [2.45, 2.75) is 26.7 Å². The van der Waals surface area contributed by atoms with E-state index in [1.165, 1.54) is 6.20 Å². The molecule has 3 N–H and O–H groups in total. The maximum absolute atomic E-state index is 12.1. The van der Waals surface area contributed by atoms with E-state index in [9.17, 15) is 4.79 Å². The van der Waals surface area contributed by atoms with Gasteiger partial charge >= 0.3 is 0 Å². The van der Waals surface area contributed by atoms with E-state index in [1.54, 1.807) is 0 Å². The van der Waals surface area contributed by atoms with Crippen molar-refractivity contribution in [1.29, 1.82) is 5.26 Å². The molecule has 0 saturated carbocycles. The molecule has 0 bridgehead atoms. The van der Waals surface area contributed by atoms with E-state index in [4.69, 9.17) is 10.4 Å². The van der Waals surface area contributed by atoms with Gasteiger partial charge in [-0.05, 0) is 30.9 Å². The number of carbonyl (C=O) groups excluding carboxylic acids is 1. The molecule has 0 aliphatic rings. The van der Waals surface area contributed by atoms with Crippen molar-refractivity contribution >= 4 is 11.6 Å². The number of rotatable bonds is 7. The minimum absolute atomic E-state index is 0.0123. The smallest absolute Gasteiger partial charge is 0.267 e. The molecule has 0 aliphatic carbocycles. The number of hydrogen-bond acceptors (Lipinski definition) is 4. The fourth-order valence-corrected chi connectivity index (χ4v) is 1.89. The van der Waals surface area contributed by atoms with Gasteiger partial charge in [-0.1, -0.05) is 25.1 Å². The van der Waals surface area contributed by atoms with Crippen LogP contribution in [0.2, 0.25) is 0 Å². The molecule has 1 amide bonds. The largest absolute Gasteiger partial charge is 0.396 e. The first-order valence-electron chi connectivity index (χ1n) is 6.98. The van der Waals surface area contributed by atoms with Crippen LogP contribution in [0, 0.1) is 18.3 Å². The van der Waals surface area contributed by atoms with Crippen molar-refractivity contribution in [2.24, 2.45) is 0 Å². The van der Waals surface area contributed by atoms with E-state index in [2.05, 4.69) is 10.6 Å². The Balaban J connectivity index is 2.82. The molecule has 21 heavy (non-hydrogen) atoms. The molecule has 0 heterocycles. The molecule has 5 nitrogen and oxygen atoms in total. The highest BCUT2D eigenvalue weighted by Crippen LogP contribution is 2.21. The van der Waals surface area contributed by atoms with Crippen LogP contribution in [0.3, 0.4) is 0 Å². The Bertz CT molecular complexity index is 559. The predicted molar refractivity (Wildman–Crippen MR) is 82.6 cm³/mol. The molecule has 112 valence electrons. The van der Waals surface area contributed by atoms with Crippen molar-refractivity contribution in [3.63, 3.8) is 0 Å². The predicted octanol–water partition coefficient (Wildman–Crippen LogP) is 1.88. The highest BCUT2D eigenvalue weighted by atomic mass is 16.3. The summed E-state index contributed by atoms with van der Waals surface area (Å²) in [7, 11) is 0. The number of aliphatic hydroxyl groups excluding tert-OH is 1. The minimum Gasteiger partial charge on any atom is -0.396 e. The van der Waals surface area contributed by atoms with Crippen LogP contribution in [0.4, 0.5) is 5.69 Å². The summed E-state index contributed by atoms with van der Waals surface area (Å²) in [4.78, 5) is 12.1. The molecule has 0 radical (unpaired) electrons. The monoisotopic (exact) mass is 287 g/mol. The Kier molecular flexibility index (Phi) is 6.99. The second-order valence-electron chi connectivity index (χ2n) is 4.62. The van der Waals surface area contributed by atoms with Gasteiger partial charge in [-0.2, -0.15) is 5.26 Å². The summed E-state index contributed by atoms with van der Waals surface area (Å²) in [5, 5.41) is 23.4. The Morgan fingerprint density at radius 1 is 1.48 bits per heavy atom. The summed E-state index contributed by atoms with van der Waals surface area (Å²) in [6.07, 6.45) is 2.75. The van der Waals surface area contributed by atoms with Gasteiger partial charge in [0, 0.05) is 25.0 Å². The third-order valence-electron chi connectivity index (χ3n) is 3.07. The topological polar surface area (TPSA) is 85.2 Å². The number of aliphatic hydroxyl groups is 1. The van der Waals surface area contributed by atoms with E-state index in [1.807, 2.05) is 38.1 Å². The van der Waals surface area contributed by atoms with Crippen molar-refractivity contribution in [3.8, 4) is 6.07 Å². The van der Waals surface area contributed by atoms with E-state index in [-0.39, 0.29) is 12.2 Å². The second kappa shape index (κ2) is 8.77. The number of amides is 1. The molecule has 0 aromatic heterocycles. The Morgan fingerprint density at radius 3 is 2.86 bits per heavy atom. The molecule has 0 spiro atoms. The molecule has 5 heteroatoms. The number of hydrogen-bond donors (Lipinski definition) is 3. The summed E-state index contributed by atoms with van der Waals surface area (Å²) < 4.78 is 0. The van der Waals surface area contributed by atoms with Crippen LogP contribution >= 0.6 is 0 Å². The van der Waals surface area contributed by atoms with Crippen LogP contribution in [0.1, 0.15) is 24.5 Å². The maximum Gasteiger partial charge on any atom is 0.267 e. The lowest BCUT2D eigenvalue weighted by molar-refractivity contribution is -0.112. The molecule has 0 unspecified atom stereocenters. The molecule has 0 atom stereocenters. The summed E-state index contributed by atoms with van der Waals surface area (Å²) in [5.74, 6) is -0.432. The number of para-hydroxylation sites is 1. The van der Waals surface area contributed by atoms with Crippen LogP contribution in [0.15, 0.2) is 30.0 Å². The van der Waals surface area contributed by atoms with Gasteiger partial charge in [-0.15, -0.1) is 0 Å². The van der Waals surface area contributed by atoms with E-state index in [0.29, 0.717) is 13.0 Å². The molecular formula is C16H21N3O2. The molecular weight excluding hydrogens is 266 g/mol. The van der Waals surface area contributed by atoms with Gasteiger partial charge in [0.15, 0.2) is 0 Å². The number of benzene rings is 1. The van der Waals surface area contributed by atoms with Gasteiger partial charge in [-0.3, -0.25) is 4.79 Å². The van der Waals surface area contributed by atoms with Gasteiger partial charge in [0.2, 0.25) is 0 Å². The van der Waals surface area contributed by atoms with E-state index < -0.39 is 5.91 Å². The summed E-state index contributed by atoms with van der Waals surface area (Å²) in [6.45, 7) is 4.52. The normalized spacial score (nSPS) is 10.9. The third-order valence-corrected chi connectivity index (χ3v) is 3.07.